The third-order valence-electron chi connectivity index (χ3n) is 4.31. The normalized spacial score (nSPS) is 19.4. The van der Waals surface area contributed by atoms with E-state index in [9.17, 15) is 13.6 Å². The lowest BCUT2D eigenvalue weighted by atomic mass is 9.85. The van der Waals surface area contributed by atoms with E-state index >= 15 is 0 Å². The van der Waals surface area contributed by atoms with Crippen molar-refractivity contribution in [3.63, 3.8) is 0 Å². The fraction of sp³-hybridized carbons (Fsp3) is 0.588. The van der Waals surface area contributed by atoms with Gasteiger partial charge in [-0.3, -0.25) is 4.79 Å². The lowest BCUT2D eigenvalue weighted by Gasteiger charge is -2.28. The smallest absolute Gasteiger partial charge is 0.387 e. The summed E-state index contributed by atoms with van der Waals surface area (Å²) in [6, 6.07) is 6.51. The van der Waals surface area contributed by atoms with E-state index in [1.807, 2.05) is 0 Å². The van der Waals surface area contributed by atoms with Crippen LogP contribution in [0.2, 0.25) is 0 Å². The summed E-state index contributed by atoms with van der Waals surface area (Å²) in [4.78, 5) is 12.1. The Balaban J connectivity index is 1.82. The SMILES string of the molecule is CC(CC(=O)NCc1ccccc1OC(F)F)C1CCCNC1. The summed E-state index contributed by atoms with van der Waals surface area (Å²) in [7, 11) is 0. The molecule has 23 heavy (non-hydrogen) atoms. The molecular formula is C17H24F2N2O2. The molecule has 0 radical (unpaired) electrons. The predicted octanol–water partition coefficient (Wildman–Crippen LogP) is 2.93. The molecule has 2 rings (SSSR count). The number of hydrogen-bond donors (Lipinski definition) is 2. The molecule has 1 heterocycles. The molecule has 1 saturated heterocycles. The fourth-order valence-corrected chi connectivity index (χ4v) is 2.95. The number of benzene rings is 1. The Morgan fingerprint density at radius 2 is 2.22 bits per heavy atom. The van der Waals surface area contributed by atoms with Gasteiger partial charge in [-0.25, -0.2) is 0 Å². The maximum atomic E-state index is 12.4. The molecule has 0 aromatic heterocycles. The largest absolute Gasteiger partial charge is 0.434 e. The summed E-state index contributed by atoms with van der Waals surface area (Å²) in [6.07, 6.45) is 2.74. The van der Waals surface area contributed by atoms with Crippen LogP contribution >= 0.6 is 0 Å². The molecule has 6 heteroatoms. The minimum atomic E-state index is -2.87. The van der Waals surface area contributed by atoms with E-state index in [-0.39, 0.29) is 18.2 Å². The van der Waals surface area contributed by atoms with Crippen molar-refractivity contribution >= 4 is 5.91 Å². The highest BCUT2D eigenvalue weighted by Gasteiger charge is 2.22. The molecule has 0 aliphatic carbocycles. The average molecular weight is 326 g/mol. The summed E-state index contributed by atoms with van der Waals surface area (Å²) in [5.74, 6) is 0.863. The Morgan fingerprint density at radius 1 is 1.43 bits per heavy atom. The quantitative estimate of drug-likeness (QED) is 0.810. The van der Waals surface area contributed by atoms with Crippen molar-refractivity contribution in [3.8, 4) is 5.75 Å². The van der Waals surface area contributed by atoms with Crippen LogP contribution in [0.1, 0.15) is 31.7 Å². The van der Waals surface area contributed by atoms with Gasteiger partial charge in [0.1, 0.15) is 5.75 Å². The number of para-hydroxylation sites is 1. The summed E-state index contributed by atoms with van der Waals surface area (Å²) >= 11 is 0. The van der Waals surface area contributed by atoms with Crippen LogP contribution in [-0.4, -0.2) is 25.6 Å². The van der Waals surface area contributed by atoms with Crippen molar-refractivity contribution in [2.45, 2.75) is 39.3 Å². The number of hydrogen-bond acceptors (Lipinski definition) is 3. The van der Waals surface area contributed by atoms with Crippen LogP contribution in [-0.2, 0) is 11.3 Å². The van der Waals surface area contributed by atoms with Crippen molar-refractivity contribution in [1.29, 1.82) is 0 Å². The minimum Gasteiger partial charge on any atom is -0.434 e. The number of rotatable bonds is 7. The highest BCUT2D eigenvalue weighted by atomic mass is 19.3. The Kier molecular flexibility index (Phi) is 6.77. The zero-order valence-corrected chi connectivity index (χ0v) is 13.4. The topological polar surface area (TPSA) is 50.4 Å². The Hall–Kier alpha value is -1.69. The first kappa shape index (κ1) is 17.7. The fourth-order valence-electron chi connectivity index (χ4n) is 2.95. The summed E-state index contributed by atoms with van der Waals surface area (Å²) in [6.45, 7) is 1.42. The van der Waals surface area contributed by atoms with Gasteiger partial charge in [-0.05, 0) is 43.8 Å². The standard InChI is InChI=1S/C17H24F2N2O2/c1-12(13-6-4-8-20-10-13)9-16(22)21-11-14-5-2-3-7-15(14)23-17(18)19/h2-3,5,7,12-13,17,20H,4,6,8-11H2,1H3,(H,21,22). The van der Waals surface area contributed by atoms with E-state index < -0.39 is 6.61 Å². The van der Waals surface area contributed by atoms with Gasteiger partial charge >= 0.3 is 6.61 Å². The second-order valence-corrected chi connectivity index (χ2v) is 6.05. The highest BCUT2D eigenvalue weighted by molar-refractivity contribution is 5.76. The van der Waals surface area contributed by atoms with Crippen LogP contribution in [0.5, 0.6) is 5.75 Å². The number of alkyl halides is 2. The molecule has 4 nitrogen and oxygen atoms in total. The molecule has 2 unspecified atom stereocenters. The number of amides is 1. The number of piperidine rings is 1. The first-order valence-electron chi connectivity index (χ1n) is 8.06. The third-order valence-corrected chi connectivity index (χ3v) is 4.31. The van der Waals surface area contributed by atoms with Gasteiger partial charge in [0, 0.05) is 18.5 Å². The maximum Gasteiger partial charge on any atom is 0.387 e. The molecule has 1 aliphatic rings. The molecule has 128 valence electrons. The van der Waals surface area contributed by atoms with Gasteiger partial charge in [-0.15, -0.1) is 0 Å². The van der Waals surface area contributed by atoms with Crippen LogP contribution in [0, 0.1) is 11.8 Å². The molecule has 0 bridgehead atoms. The number of carbonyl (C=O) groups is 1. The molecule has 1 fully saturated rings. The zero-order valence-electron chi connectivity index (χ0n) is 13.4. The van der Waals surface area contributed by atoms with Gasteiger partial charge in [0.05, 0.1) is 0 Å². The van der Waals surface area contributed by atoms with Crippen LogP contribution in [0.15, 0.2) is 24.3 Å². The van der Waals surface area contributed by atoms with E-state index in [2.05, 4.69) is 22.3 Å². The summed E-state index contributed by atoms with van der Waals surface area (Å²) in [5, 5.41) is 6.15. The first-order chi connectivity index (χ1) is 11.1. The Bertz CT molecular complexity index is 505. The van der Waals surface area contributed by atoms with E-state index in [1.165, 1.54) is 6.07 Å². The van der Waals surface area contributed by atoms with Gasteiger partial charge in [0.25, 0.3) is 0 Å². The van der Waals surface area contributed by atoms with Crippen molar-refractivity contribution in [2.24, 2.45) is 11.8 Å². The van der Waals surface area contributed by atoms with Crippen LogP contribution < -0.4 is 15.4 Å². The van der Waals surface area contributed by atoms with Gasteiger partial charge in [0.2, 0.25) is 5.91 Å². The zero-order chi connectivity index (χ0) is 16.7. The van der Waals surface area contributed by atoms with Crippen LogP contribution in [0.25, 0.3) is 0 Å². The van der Waals surface area contributed by atoms with Crippen LogP contribution in [0.4, 0.5) is 8.78 Å². The molecule has 1 aromatic carbocycles. The second-order valence-electron chi connectivity index (χ2n) is 6.05. The van der Waals surface area contributed by atoms with Crippen molar-refractivity contribution in [1.82, 2.24) is 10.6 Å². The number of ether oxygens (including phenoxy) is 1. The Labute approximate surface area is 135 Å². The lowest BCUT2D eigenvalue weighted by Crippen LogP contribution is -2.35. The number of halogens is 2. The number of carbonyl (C=O) groups excluding carboxylic acids is 1. The Morgan fingerprint density at radius 3 is 2.91 bits per heavy atom. The molecule has 2 N–H and O–H groups in total. The lowest BCUT2D eigenvalue weighted by molar-refractivity contribution is -0.122. The third kappa shape index (κ3) is 5.78. The van der Waals surface area contributed by atoms with Gasteiger partial charge < -0.3 is 15.4 Å². The monoisotopic (exact) mass is 326 g/mol. The maximum absolute atomic E-state index is 12.4. The average Bonchev–Trinajstić information content (AvgIpc) is 2.54. The minimum absolute atomic E-state index is 0.0603. The second kappa shape index (κ2) is 8.82. The predicted molar refractivity (Wildman–Crippen MR) is 84.3 cm³/mol. The van der Waals surface area contributed by atoms with E-state index in [1.54, 1.807) is 18.2 Å². The molecule has 1 aromatic rings. The summed E-state index contributed by atoms with van der Waals surface area (Å²) < 4.78 is 29.2. The molecule has 1 aliphatic heterocycles. The molecular weight excluding hydrogens is 302 g/mol. The van der Waals surface area contributed by atoms with Crippen molar-refractivity contribution in [2.75, 3.05) is 13.1 Å². The molecule has 1 amide bonds. The van der Waals surface area contributed by atoms with Crippen molar-refractivity contribution in [3.05, 3.63) is 29.8 Å². The molecule has 0 spiro atoms. The highest BCUT2D eigenvalue weighted by Crippen LogP contribution is 2.23. The van der Waals surface area contributed by atoms with Gasteiger partial charge in [-0.2, -0.15) is 8.78 Å². The van der Waals surface area contributed by atoms with Crippen molar-refractivity contribution < 1.29 is 18.3 Å². The van der Waals surface area contributed by atoms with E-state index in [0.717, 1.165) is 25.9 Å². The van der Waals surface area contributed by atoms with Gasteiger partial charge in [0.15, 0.2) is 0 Å². The van der Waals surface area contributed by atoms with E-state index in [0.29, 0.717) is 23.8 Å². The van der Waals surface area contributed by atoms with Gasteiger partial charge in [-0.1, -0.05) is 25.1 Å². The van der Waals surface area contributed by atoms with E-state index in [4.69, 9.17) is 0 Å². The first-order valence-corrected chi connectivity index (χ1v) is 8.06. The number of nitrogens with one attached hydrogen (secondary N) is 2. The molecule has 0 saturated carbocycles. The summed E-state index contributed by atoms with van der Waals surface area (Å²) in [5.41, 5.74) is 0.549. The van der Waals surface area contributed by atoms with Crippen LogP contribution in [0.3, 0.4) is 0 Å². The molecule has 2 atom stereocenters.